The molecule has 2 N–H and O–H groups in total. The van der Waals surface area contributed by atoms with Crippen molar-refractivity contribution in [1.29, 1.82) is 0 Å². The van der Waals surface area contributed by atoms with Crippen LogP contribution >= 0.6 is 39.1 Å². The van der Waals surface area contributed by atoms with E-state index in [1.54, 1.807) is 6.07 Å². The molecule has 2 aromatic carbocycles. The van der Waals surface area contributed by atoms with E-state index in [0.717, 1.165) is 15.7 Å². The third-order valence-electron chi connectivity index (χ3n) is 2.70. The number of phenols is 1. The maximum absolute atomic E-state index is 9.88. The van der Waals surface area contributed by atoms with Gasteiger partial charge >= 0.3 is 0 Å². The first-order chi connectivity index (χ1) is 8.97. The van der Waals surface area contributed by atoms with Crippen LogP contribution < -0.4 is 5.32 Å². The van der Waals surface area contributed by atoms with E-state index in [-0.39, 0.29) is 10.8 Å². The minimum atomic E-state index is 0.0577. The summed E-state index contributed by atoms with van der Waals surface area (Å²) < 4.78 is 0.964. The lowest BCUT2D eigenvalue weighted by atomic mass is 10.2. The number of nitrogens with one attached hydrogen (secondary N) is 1. The van der Waals surface area contributed by atoms with Gasteiger partial charge in [-0.05, 0) is 52.7 Å². The lowest BCUT2D eigenvalue weighted by Crippen LogP contribution is -2.01. The maximum Gasteiger partial charge on any atom is 0.139 e. The Morgan fingerprint density at radius 2 is 1.95 bits per heavy atom. The molecule has 0 aliphatic carbocycles. The van der Waals surface area contributed by atoms with Crippen LogP contribution in [0.1, 0.15) is 11.1 Å². The molecule has 0 aromatic heterocycles. The molecule has 0 saturated carbocycles. The molecule has 2 nitrogen and oxygen atoms in total. The molecule has 0 amide bonds. The summed E-state index contributed by atoms with van der Waals surface area (Å²) in [5.41, 5.74) is 2.76. The fourth-order valence-electron chi connectivity index (χ4n) is 1.72. The summed E-state index contributed by atoms with van der Waals surface area (Å²) in [6, 6.07) is 9.22. The monoisotopic (exact) mass is 359 g/mol. The molecule has 0 radical (unpaired) electrons. The van der Waals surface area contributed by atoms with Crippen LogP contribution in [0.5, 0.6) is 5.75 Å². The molecule has 0 bridgehead atoms. The number of benzene rings is 2. The van der Waals surface area contributed by atoms with Crippen molar-refractivity contribution in [2.45, 2.75) is 13.5 Å². The number of anilines is 1. The Hall–Kier alpha value is -0.900. The van der Waals surface area contributed by atoms with E-state index in [9.17, 15) is 5.11 Å². The fraction of sp³-hybridized carbons (Fsp3) is 0.143. The largest absolute Gasteiger partial charge is 0.506 e. The topological polar surface area (TPSA) is 32.3 Å². The first-order valence-electron chi connectivity index (χ1n) is 5.64. The van der Waals surface area contributed by atoms with Gasteiger partial charge in [-0.15, -0.1) is 0 Å². The van der Waals surface area contributed by atoms with Gasteiger partial charge in [0.2, 0.25) is 0 Å². The SMILES string of the molecule is Cc1ccc(Br)c(NCc2cc(Cl)cc(Cl)c2O)c1. The molecule has 0 spiro atoms. The van der Waals surface area contributed by atoms with E-state index in [4.69, 9.17) is 23.2 Å². The minimum absolute atomic E-state index is 0.0577. The molecule has 5 heteroatoms. The number of hydrogen-bond donors (Lipinski definition) is 2. The highest BCUT2D eigenvalue weighted by atomic mass is 79.9. The second kappa shape index (κ2) is 6.04. The highest BCUT2D eigenvalue weighted by Gasteiger charge is 2.08. The van der Waals surface area contributed by atoms with Crippen LogP contribution in [0.25, 0.3) is 0 Å². The molecule has 0 aliphatic rings. The Balaban J connectivity index is 2.21. The molecule has 0 aliphatic heterocycles. The van der Waals surface area contributed by atoms with Gasteiger partial charge in [0.05, 0.1) is 5.02 Å². The van der Waals surface area contributed by atoms with Crippen LogP contribution in [0.4, 0.5) is 5.69 Å². The molecule has 0 atom stereocenters. The van der Waals surface area contributed by atoms with Crippen LogP contribution in [-0.2, 0) is 6.54 Å². The summed E-state index contributed by atoms with van der Waals surface area (Å²) in [4.78, 5) is 0. The van der Waals surface area contributed by atoms with Crippen molar-refractivity contribution in [3.8, 4) is 5.75 Å². The molecular formula is C14H12BrCl2NO. The lowest BCUT2D eigenvalue weighted by Gasteiger charge is -2.12. The second-order valence-electron chi connectivity index (χ2n) is 4.23. The first-order valence-corrected chi connectivity index (χ1v) is 7.19. The van der Waals surface area contributed by atoms with Gasteiger partial charge in [0, 0.05) is 27.3 Å². The van der Waals surface area contributed by atoms with Crippen LogP contribution in [0.3, 0.4) is 0 Å². The molecule has 0 heterocycles. The van der Waals surface area contributed by atoms with Crippen molar-refractivity contribution >= 4 is 44.8 Å². The highest BCUT2D eigenvalue weighted by molar-refractivity contribution is 9.10. The van der Waals surface area contributed by atoms with E-state index in [1.807, 2.05) is 25.1 Å². The number of halogens is 3. The van der Waals surface area contributed by atoms with Gasteiger partial charge < -0.3 is 10.4 Å². The summed E-state index contributed by atoms with van der Waals surface area (Å²) in [6.45, 7) is 2.46. The summed E-state index contributed by atoms with van der Waals surface area (Å²) in [6.07, 6.45) is 0. The van der Waals surface area contributed by atoms with Crippen molar-refractivity contribution in [3.63, 3.8) is 0 Å². The molecule has 2 rings (SSSR count). The van der Waals surface area contributed by atoms with Crippen molar-refractivity contribution in [1.82, 2.24) is 0 Å². The molecule has 2 aromatic rings. The molecule has 0 fully saturated rings. The molecule has 0 unspecified atom stereocenters. The average molecular weight is 361 g/mol. The fourth-order valence-corrected chi connectivity index (χ4v) is 2.64. The number of hydrogen-bond acceptors (Lipinski definition) is 2. The number of phenolic OH excluding ortho intramolecular Hbond substituents is 1. The van der Waals surface area contributed by atoms with Gasteiger partial charge in [-0.3, -0.25) is 0 Å². The third-order valence-corrected chi connectivity index (χ3v) is 3.90. The Morgan fingerprint density at radius 1 is 1.21 bits per heavy atom. The minimum Gasteiger partial charge on any atom is -0.506 e. The first kappa shape index (κ1) is 14.5. The summed E-state index contributed by atoms with van der Waals surface area (Å²) >= 11 is 15.3. The molecular weight excluding hydrogens is 349 g/mol. The van der Waals surface area contributed by atoms with Crippen LogP contribution in [0.2, 0.25) is 10.0 Å². The van der Waals surface area contributed by atoms with Crippen LogP contribution in [0, 0.1) is 6.92 Å². The Labute approximate surface area is 130 Å². The number of aryl methyl sites for hydroxylation is 1. The van der Waals surface area contributed by atoms with Crippen LogP contribution in [0.15, 0.2) is 34.8 Å². The predicted molar refractivity (Wildman–Crippen MR) is 84.3 cm³/mol. The van der Waals surface area contributed by atoms with Crippen molar-refractivity contribution in [2.24, 2.45) is 0 Å². The Bertz CT molecular complexity index is 617. The smallest absolute Gasteiger partial charge is 0.139 e. The Kier molecular flexibility index (Phi) is 4.61. The average Bonchev–Trinajstić information content (AvgIpc) is 2.35. The van der Waals surface area contributed by atoms with E-state index in [1.165, 1.54) is 6.07 Å². The van der Waals surface area contributed by atoms with E-state index in [2.05, 4.69) is 21.2 Å². The van der Waals surface area contributed by atoms with Crippen molar-refractivity contribution < 1.29 is 5.11 Å². The zero-order chi connectivity index (χ0) is 14.0. The molecule has 100 valence electrons. The standard InChI is InChI=1S/C14H12BrCl2NO/c1-8-2-3-11(15)13(4-8)18-7-9-5-10(16)6-12(17)14(9)19/h2-6,18-19H,7H2,1H3. The maximum atomic E-state index is 9.88. The zero-order valence-electron chi connectivity index (χ0n) is 10.2. The lowest BCUT2D eigenvalue weighted by molar-refractivity contribution is 0.469. The van der Waals surface area contributed by atoms with Gasteiger partial charge in [0.15, 0.2) is 0 Å². The summed E-state index contributed by atoms with van der Waals surface area (Å²) in [7, 11) is 0. The van der Waals surface area contributed by atoms with E-state index >= 15 is 0 Å². The van der Waals surface area contributed by atoms with Gasteiger partial charge in [-0.25, -0.2) is 0 Å². The van der Waals surface area contributed by atoms with Gasteiger partial charge in [0.25, 0.3) is 0 Å². The zero-order valence-corrected chi connectivity index (χ0v) is 13.3. The van der Waals surface area contributed by atoms with Crippen molar-refractivity contribution in [2.75, 3.05) is 5.32 Å². The molecule has 19 heavy (non-hydrogen) atoms. The normalized spacial score (nSPS) is 10.5. The third kappa shape index (κ3) is 3.56. The van der Waals surface area contributed by atoms with Gasteiger partial charge in [-0.1, -0.05) is 29.3 Å². The van der Waals surface area contributed by atoms with Crippen molar-refractivity contribution in [3.05, 3.63) is 56.0 Å². The summed E-state index contributed by atoms with van der Waals surface area (Å²) in [5, 5.41) is 13.9. The summed E-state index contributed by atoms with van der Waals surface area (Å²) in [5.74, 6) is 0.0577. The van der Waals surface area contributed by atoms with Crippen LogP contribution in [-0.4, -0.2) is 5.11 Å². The molecule has 0 saturated heterocycles. The van der Waals surface area contributed by atoms with Gasteiger partial charge in [-0.2, -0.15) is 0 Å². The highest BCUT2D eigenvalue weighted by Crippen LogP contribution is 2.32. The number of rotatable bonds is 3. The number of aromatic hydroxyl groups is 1. The predicted octanol–water partition coefficient (Wildman–Crippen LogP) is 5.38. The van der Waals surface area contributed by atoms with E-state index < -0.39 is 0 Å². The van der Waals surface area contributed by atoms with E-state index in [0.29, 0.717) is 17.1 Å². The quantitative estimate of drug-likeness (QED) is 0.769. The Morgan fingerprint density at radius 3 is 2.68 bits per heavy atom. The second-order valence-corrected chi connectivity index (χ2v) is 5.93. The van der Waals surface area contributed by atoms with Gasteiger partial charge in [0.1, 0.15) is 5.75 Å².